The van der Waals surface area contributed by atoms with Gasteiger partial charge in [0.05, 0.1) is 10.3 Å². The zero-order valence-corrected chi connectivity index (χ0v) is 17.7. The number of nitrogens with one attached hydrogen (secondary N) is 2. The number of nitrogens with zero attached hydrogens (tertiary/aromatic N) is 2. The average molecular weight is 440 g/mol. The molecule has 9 heteroatoms. The lowest BCUT2D eigenvalue weighted by atomic mass is 10.1. The van der Waals surface area contributed by atoms with Gasteiger partial charge >= 0.3 is 0 Å². The molecule has 1 unspecified atom stereocenters. The number of likely N-dealkylation sites (tertiary alicyclic amines) is 1. The van der Waals surface area contributed by atoms with E-state index in [1.807, 2.05) is 24.4 Å². The summed E-state index contributed by atoms with van der Waals surface area (Å²) in [6.45, 7) is 0.894. The highest BCUT2D eigenvalue weighted by Gasteiger charge is 2.32. The highest BCUT2D eigenvalue weighted by molar-refractivity contribution is 7.99. The fourth-order valence-electron chi connectivity index (χ4n) is 3.26. The van der Waals surface area contributed by atoms with Gasteiger partial charge < -0.3 is 15.7 Å². The van der Waals surface area contributed by atoms with Crippen LogP contribution in [0.3, 0.4) is 0 Å². The lowest BCUT2D eigenvalue weighted by Crippen LogP contribution is -2.34. The molecule has 0 bridgehead atoms. The first-order chi connectivity index (χ1) is 14.5. The average Bonchev–Trinajstić information content (AvgIpc) is 3.36. The molecule has 3 heterocycles. The van der Waals surface area contributed by atoms with Gasteiger partial charge in [0.1, 0.15) is 11.6 Å². The monoisotopic (exact) mass is 439 g/mol. The topological polar surface area (TPSA) is 115 Å². The largest absolute Gasteiger partial charge is 0.508 e. The number of aromatic hydroxyl groups is 1. The van der Waals surface area contributed by atoms with Gasteiger partial charge in [-0.1, -0.05) is 6.07 Å². The molecule has 30 heavy (non-hydrogen) atoms. The number of carbonyl (C=O) groups excluding carboxylic acids is 1. The van der Waals surface area contributed by atoms with Crippen LogP contribution in [0.2, 0.25) is 0 Å². The van der Waals surface area contributed by atoms with Crippen LogP contribution >= 0.6 is 23.3 Å². The van der Waals surface area contributed by atoms with Gasteiger partial charge in [-0.25, -0.2) is 4.72 Å². The van der Waals surface area contributed by atoms with Gasteiger partial charge in [-0.05, 0) is 54.8 Å². The predicted molar refractivity (Wildman–Crippen MR) is 119 cm³/mol. The number of rotatable bonds is 7. The first kappa shape index (κ1) is 20.4. The molecule has 1 aromatic carbocycles. The number of benzene rings is 1. The van der Waals surface area contributed by atoms with E-state index < -0.39 is 0 Å². The van der Waals surface area contributed by atoms with Crippen molar-refractivity contribution < 1.29 is 9.90 Å². The third-order valence-electron chi connectivity index (χ3n) is 4.88. The van der Waals surface area contributed by atoms with E-state index in [-0.39, 0.29) is 23.5 Å². The summed E-state index contributed by atoms with van der Waals surface area (Å²) in [5, 5.41) is 17.7. The third kappa shape index (κ3) is 4.48. The van der Waals surface area contributed by atoms with E-state index >= 15 is 0 Å². The second-order valence-electron chi connectivity index (χ2n) is 6.94. The predicted octanol–water partition coefficient (Wildman–Crippen LogP) is 3.20. The van der Waals surface area contributed by atoms with Gasteiger partial charge in [0.15, 0.2) is 0 Å². The number of hydrogen-bond donors (Lipinski definition) is 4. The van der Waals surface area contributed by atoms with E-state index in [4.69, 9.17) is 11.1 Å². The van der Waals surface area contributed by atoms with Crippen LogP contribution in [0.1, 0.15) is 17.5 Å². The number of carbonyl (C=O) groups is 1. The van der Waals surface area contributed by atoms with E-state index in [2.05, 4.69) is 15.8 Å². The lowest BCUT2D eigenvalue weighted by molar-refractivity contribution is -0.129. The summed E-state index contributed by atoms with van der Waals surface area (Å²) in [5.41, 5.74) is 7.72. The highest BCUT2D eigenvalue weighted by atomic mass is 32.2. The molecule has 154 valence electrons. The Bertz CT molecular complexity index is 1070. The van der Waals surface area contributed by atoms with Crippen molar-refractivity contribution in [2.75, 3.05) is 6.54 Å². The molecule has 1 aliphatic rings. The Morgan fingerprint density at radius 3 is 3.00 bits per heavy atom. The molecule has 7 nitrogen and oxygen atoms in total. The number of amides is 1. The summed E-state index contributed by atoms with van der Waals surface area (Å²) in [7, 11) is 0. The van der Waals surface area contributed by atoms with Crippen LogP contribution < -0.4 is 10.5 Å². The Morgan fingerprint density at radius 1 is 1.37 bits per heavy atom. The standard InChI is InChI=1S/C21H21N5O2S2/c22-20(23)13-3-4-17(27)15(10-13)12-26-9-7-16(21(26)28)25-30-19-6-5-18(29-19)14-2-1-8-24-11-14/h1-6,8,10-11,16,25,27H,7,9,12H2,(H3,22,23). The van der Waals surface area contributed by atoms with Crippen LogP contribution in [0.25, 0.3) is 10.4 Å². The van der Waals surface area contributed by atoms with Crippen LogP contribution in [-0.4, -0.2) is 39.3 Å². The maximum absolute atomic E-state index is 12.8. The number of pyridine rings is 1. The number of aromatic nitrogens is 1. The summed E-state index contributed by atoms with van der Waals surface area (Å²) in [4.78, 5) is 19.8. The number of amidine groups is 1. The fraction of sp³-hybridized carbons (Fsp3) is 0.190. The second kappa shape index (κ2) is 8.86. The van der Waals surface area contributed by atoms with Crippen LogP contribution in [-0.2, 0) is 11.3 Å². The minimum absolute atomic E-state index is 0.000771. The van der Waals surface area contributed by atoms with Crippen molar-refractivity contribution in [3.05, 3.63) is 66.0 Å². The number of phenolic OH excluding ortho intramolecular Hbond substituents is 1. The van der Waals surface area contributed by atoms with E-state index in [1.54, 1.807) is 34.6 Å². The molecule has 0 saturated carbocycles. The van der Waals surface area contributed by atoms with E-state index in [9.17, 15) is 9.90 Å². The lowest BCUT2D eigenvalue weighted by Gasteiger charge is -2.18. The van der Waals surface area contributed by atoms with Crippen LogP contribution in [0.15, 0.2) is 59.1 Å². The third-order valence-corrected chi connectivity index (χ3v) is 7.05. The minimum Gasteiger partial charge on any atom is -0.508 e. The molecule has 0 aliphatic carbocycles. The van der Waals surface area contributed by atoms with Crippen molar-refractivity contribution in [3.8, 4) is 16.2 Å². The summed E-state index contributed by atoms with van der Waals surface area (Å²) in [5.74, 6) is 0.0285. The van der Waals surface area contributed by atoms with Gasteiger partial charge in [0.2, 0.25) is 5.91 Å². The Labute approximate surface area is 182 Å². The minimum atomic E-state index is -0.280. The van der Waals surface area contributed by atoms with Crippen molar-refractivity contribution in [3.63, 3.8) is 0 Å². The zero-order valence-electron chi connectivity index (χ0n) is 16.0. The van der Waals surface area contributed by atoms with Gasteiger partial charge in [0, 0.05) is 47.1 Å². The molecule has 5 N–H and O–H groups in total. The summed E-state index contributed by atoms with van der Waals surface area (Å²) >= 11 is 3.11. The van der Waals surface area contributed by atoms with Crippen molar-refractivity contribution >= 4 is 35.0 Å². The van der Waals surface area contributed by atoms with Gasteiger partial charge in [-0.15, -0.1) is 11.3 Å². The number of hydrogen-bond acceptors (Lipinski definition) is 7. The molecule has 0 radical (unpaired) electrons. The molecule has 2 aromatic heterocycles. The summed E-state index contributed by atoms with van der Waals surface area (Å²) < 4.78 is 4.35. The number of thiophene rings is 1. The van der Waals surface area contributed by atoms with Crippen molar-refractivity contribution in [2.45, 2.75) is 23.2 Å². The molecule has 1 amide bonds. The number of phenols is 1. The van der Waals surface area contributed by atoms with Crippen molar-refractivity contribution in [2.24, 2.45) is 5.73 Å². The Hall–Kier alpha value is -2.88. The molecule has 1 saturated heterocycles. The Kier molecular flexibility index (Phi) is 6.03. The van der Waals surface area contributed by atoms with Crippen molar-refractivity contribution in [1.29, 1.82) is 5.41 Å². The number of nitrogen functional groups attached to an aromatic ring is 1. The quantitative estimate of drug-likeness (QED) is 0.255. The van der Waals surface area contributed by atoms with Gasteiger partial charge in [-0.3, -0.25) is 15.2 Å². The molecule has 4 rings (SSSR count). The van der Waals surface area contributed by atoms with Crippen LogP contribution in [0, 0.1) is 5.41 Å². The maximum atomic E-state index is 12.8. The summed E-state index contributed by atoms with van der Waals surface area (Å²) in [6.07, 6.45) is 4.28. The molecule has 0 spiro atoms. The van der Waals surface area contributed by atoms with E-state index in [0.29, 0.717) is 30.6 Å². The van der Waals surface area contributed by atoms with Crippen molar-refractivity contribution in [1.82, 2.24) is 14.6 Å². The van der Waals surface area contributed by atoms with Gasteiger partial charge in [-0.2, -0.15) is 0 Å². The van der Waals surface area contributed by atoms with E-state index in [1.165, 1.54) is 18.0 Å². The fourth-order valence-corrected chi connectivity index (χ4v) is 5.18. The smallest absolute Gasteiger partial charge is 0.240 e. The first-order valence-corrected chi connectivity index (χ1v) is 11.0. The normalized spacial score (nSPS) is 16.2. The zero-order chi connectivity index (χ0) is 21.1. The molecular weight excluding hydrogens is 418 g/mol. The summed E-state index contributed by atoms with van der Waals surface area (Å²) in [6, 6.07) is 12.5. The first-order valence-electron chi connectivity index (χ1n) is 9.39. The molecule has 1 aliphatic heterocycles. The van der Waals surface area contributed by atoms with Crippen LogP contribution in [0.5, 0.6) is 5.75 Å². The highest BCUT2D eigenvalue weighted by Crippen LogP contribution is 2.33. The molecule has 3 aromatic rings. The van der Waals surface area contributed by atoms with Gasteiger partial charge in [0.25, 0.3) is 0 Å². The second-order valence-corrected chi connectivity index (χ2v) is 9.16. The number of nitrogens with two attached hydrogens (primary N) is 1. The van der Waals surface area contributed by atoms with Crippen LogP contribution in [0.4, 0.5) is 0 Å². The Morgan fingerprint density at radius 2 is 2.23 bits per heavy atom. The maximum Gasteiger partial charge on any atom is 0.240 e. The molecule has 1 atom stereocenters. The molecule has 1 fully saturated rings. The molecular formula is C21H21N5O2S2. The SMILES string of the molecule is N=C(N)c1ccc(O)c(CN2CCC(NSc3ccc(-c4cccnc4)s3)C2=O)c1. The van der Waals surface area contributed by atoms with E-state index in [0.717, 1.165) is 14.6 Å². The Balaban J connectivity index is 1.36.